The van der Waals surface area contributed by atoms with Crippen LogP contribution in [0.4, 0.5) is 18.9 Å². The fraction of sp³-hybridized carbons (Fsp3) is 0.297. The van der Waals surface area contributed by atoms with Crippen molar-refractivity contribution in [2.45, 2.75) is 38.2 Å². The number of nitriles is 1. The number of amides is 1. The zero-order chi connectivity index (χ0) is 38.3. The molecule has 0 bridgehead atoms. The van der Waals surface area contributed by atoms with Gasteiger partial charge in [0.15, 0.2) is 17.0 Å². The Morgan fingerprint density at radius 2 is 1.87 bits per heavy atom. The maximum absolute atomic E-state index is 14.5. The van der Waals surface area contributed by atoms with E-state index < -0.39 is 35.5 Å². The Morgan fingerprint density at radius 3 is 2.57 bits per heavy atom. The summed E-state index contributed by atoms with van der Waals surface area (Å²) in [4.78, 5) is 40.4. The van der Waals surface area contributed by atoms with Crippen LogP contribution in [-0.2, 0) is 30.5 Å². The maximum atomic E-state index is 14.5. The van der Waals surface area contributed by atoms with E-state index in [0.29, 0.717) is 58.4 Å². The molecule has 13 nitrogen and oxygen atoms in total. The Balaban J connectivity index is 1.22. The van der Waals surface area contributed by atoms with Crippen molar-refractivity contribution < 1.29 is 42.1 Å². The molecule has 2 aliphatic heterocycles. The molecule has 278 valence electrons. The number of nitrogens with one attached hydrogen (secondary N) is 1. The number of carbonyl (C=O) groups is 2. The molecule has 17 heteroatoms. The quantitative estimate of drug-likeness (QED) is 0.164. The zero-order valence-electron chi connectivity index (χ0n) is 28.6. The van der Waals surface area contributed by atoms with E-state index >= 15 is 0 Å². The first-order chi connectivity index (χ1) is 25.9. The number of β-amino-alcohol motifs (C(OH)–C–C–N with tert-alkyl or cyclic N) is 1. The molecule has 0 aliphatic carbocycles. The molecule has 0 radical (unpaired) electrons. The lowest BCUT2D eigenvalue weighted by Gasteiger charge is -2.22. The molecule has 2 aliphatic rings. The normalized spacial score (nSPS) is 15.8. The van der Waals surface area contributed by atoms with Gasteiger partial charge in [0.2, 0.25) is 11.8 Å². The molecule has 3 aromatic carbocycles. The SMILES string of the molecule is COc1nc(C(=O)N2CCc3c(-c4cccc(-c5nc6cc(CNCC(=O)O)cc(C#N)c6o5)c4Cl)cccc32)c(C(F)(F)F)nc1CN1CC[C@@H](O)C1. The molecule has 54 heavy (non-hydrogen) atoms. The fourth-order valence-corrected chi connectivity index (χ4v) is 7.18. The highest BCUT2D eigenvalue weighted by Crippen LogP contribution is 2.43. The lowest BCUT2D eigenvalue weighted by molar-refractivity contribution is -0.142. The molecule has 5 aromatic rings. The number of hydrogen-bond acceptors (Lipinski definition) is 11. The number of likely N-dealkylation sites (tertiary alicyclic amines) is 1. The summed E-state index contributed by atoms with van der Waals surface area (Å²) in [5, 5.41) is 31.6. The number of aromatic nitrogens is 3. The van der Waals surface area contributed by atoms with Gasteiger partial charge in [0.1, 0.15) is 17.3 Å². The van der Waals surface area contributed by atoms with E-state index in [4.69, 9.17) is 25.9 Å². The molecule has 0 saturated carbocycles. The second-order valence-electron chi connectivity index (χ2n) is 12.8. The number of halogens is 4. The minimum absolute atomic E-state index is 0.0450. The first kappa shape index (κ1) is 36.7. The summed E-state index contributed by atoms with van der Waals surface area (Å²) in [6.07, 6.45) is -4.83. The standard InChI is InChI=1S/C37H31ClF3N7O6/c1-53-35-27(18-47-10-8-21(49)17-47)44-33(37(39,40)41)31(46-35)36(52)48-11-9-23-22(4-3-7-28(23)48)24-5-2-6-25(30(24)38)34-45-26-13-19(15-43-16-29(50)51)12-20(14-42)32(26)54-34/h2-7,12-13,21,43,49H,8-11,15-18H2,1H3,(H,50,51)/t21-/m1/s1. The highest BCUT2D eigenvalue weighted by Gasteiger charge is 2.42. The smallest absolute Gasteiger partial charge is 0.435 e. The summed E-state index contributed by atoms with van der Waals surface area (Å²) in [6, 6.07) is 15.6. The van der Waals surface area contributed by atoms with Crippen LogP contribution in [0.1, 0.15) is 45.0 Å². The number of nitrogens with zero attached hydrogens (tertiary/aromatic N) is 6. The lowest BCUT2D eigenvalue weighted by Crippen LogP contribution is -2.33. The second kappa shape index (κ2) is 14.7. The molecular weight excluding hydrogens is 731 g/mol. The predicted octanol–water partition coefficient (Wildman–Crippen LogP) is 5.45. The summed E-state index contributed by atoms with van der Waals surface area (Å²) in [5.74, 6) is -2.10. The van der Waals surface area contributed by atoms with Gasteiger partial charge in [-0.3, -0.25) is 14.5 Å². The average molecular weight is 762 g/mol. The number of benzene rings is 3. The van der Waals surface area contributed by atoms with Gasteiger partial charge < -0.3 is 29.6 Å². The zero-order valence-corrected chi connectivity index (χ0v) is 29.3. The van der Waals surface area contributed by atoms with Gasteiger partial charge in [-0.15, -0.1) is 0 Å². The Morgan fingerprint density at radius 1 is 1.11 bits per heavy atom. The third-order valence-corrected chi connectivity index (χ3v) is 9.69. The van der Waals surface area contributed by atoms with Crippen LogP contribution in [0.25, 0.3) is 33.7 Å². The number of carboxylic acid groups (broad SMARTS) is 1. The molecule has 1 saturated heterocycles. The number of rotatable bonds is 10. The summed E-state index contributed by atoms with van der Waals surface area (Å²) in [7, 11) is 1.24. The largest absolute Gasteiger partial charge is 0.480 e. The van der Waals surface area contributed by atoms with E-state index in [1.807, 2.05) is 0 Å². The molecule has 1 amide bonds. The van der Waals surface area contributed by atoms with Gasteiger partial charge in [-0.2, -0.15) is 18.4 Å². The molecule has 0 spiro atoms. The second-order valence-corrected chi connectivity index (χ2v) is 13.2. The molecule has 7 rings (SSSR count). The number of oxazole rings is 1. The Bertz CT molecular complexity index is 2340. The topological polar surface area (TPSA) is 178 Å². The molecule has 0 unspecified atom stereocenters. The van der Waals surface area contributed by atoms with E-state index in [2.05, 4.69) is 26.3 Å². The number of ether oxygens (including phenoxy) is 1. The first-order valence-electron chi connectivity index (χ1n) is 16.8. The van der Waals surface area contributed by atoms with Gasteiger partial charge in [0.05, 0.1) is 35.9 Å². The van der Waals surface area contributed by atoms with Crippen LogP contribution in [0.2, 0.25) is 5.02 Å². The maximum Gasteiger partial charge on any atom is 0.435 e. The van der Waals surface area contributed by atoms with E-state index in [-0.39, 0.29) is 66.4 Å². The number of hydrogen-bond donors (Lipinski definition) is 3. The third kappa shape index (κ3) is 7.06. The summed E-state index contributed by atoms with van der Waals surface area (Å²) in [5.41, 5.74) is 1.67. The van der Waals surface area contributed by atoms with Crippen molar-refractivity contribution in [3.63, 3.8) is 0 Å². The number of anilines is 1. The minimum Gasteiger partial charge on any atom is -0.480 e. The van der Waals surface area contributed by atoms with Crippen molar-refractivity contribution in [2.24, 2.45) is 0 Å². The fourth-order valence-electron chi connectivity index (χ4n) is 6.87. The lowest BCUT2D eigenvalue weighted by atomic mass is 9.96. The van der Waals surface area contributed by atoms with E-state index in [9.17, 15) is 33.1 Å². The van der Waals surface area contributed by atoms with Crippen molar-refractivity contribution in [2.75, 3.05) is 38.2 Å². The van der Waals surface area contributed by atoms with Gasteiger partial charge in [-0.05, 0) is 53.8 Å². The monoisotopic (exact) mass is 761 g/mol. The van der Waals surface area contributed by atoms with Crippen LogP contribution in [0.15, 0.2) is 52.9 Å². The van der Waals surface area contributed by atoms with Crippen molar-refractivity contribution >= 4 is 40.3 Å². The van der Waals surface area contributed by atoms with Crippen molar-refractivity contribution in [1.29, 1.82) is 5.26 Å². The summed E-state index contributed by atoms with van der Waals surface area (Å²) in [6.45, 7) is 0.653. The number of fused-ring (bicyclic) bond motifs is 2. The van der Waals surface area contributed by atoms with Gasteiger partial charge >= 0.3 is 12.1 Å². The van der Waals surface area contributed by atoms with Crippen LogP contribution in [0, 0.1) is 11.3 Å². The van der Waals surface area contributed by atoms with Crippen LogP contribution in [0.3, 0.4) is 0 Å². The molecular formula is C37H31ClF3N7O6. The summed E-state index contributed by atoms with van der Waals surface area (Å²) < 4.78 is 54.7. The molecule has 1 atom stereocenters. The van der Waals surface area contributed by atoms with Crippen LogP contribution < -0.4 is 15.0 Å². The van der Waals surface area contributed by atoms with E-state index in [0.717, 1.165) is 0 Å². The number of methoxy groups -OCH3 is 1. The Labute approximate surface area is 310 Å². The number of alkyl halides is 3. The molecule has 1 fully saturated rings. The Kier molecular flexibility index (Phi) is 9.98. The van der Waals surface area contributed by atoms with Gasteiger partial charge in [0.25, 0.3) is 5.91 Å². The molecule has 4 heterocycles. The highest BCUT2D eigenvalue weighted by atomic mass is 35.5. The van der Waals surface area contributed by atoms with E-state index in [1.165, 1.54) is 12.0 Å². The number of aliphatic hydroxyl groups excluding tert-OH is 1. The average Bonchev–Trinajstić information content (AvgIpc) is 3.88. The van der Waals surface area contributed by atoms with Crippen molar-refractivity contribution in [3.05, 3.63) is 87.3 Å². The highest BCUT2D eigenvalue weighted by molar-refractivity contribution is 6.36. The minimum atomic E-state index is -5.00. The number of carboxylic acids is 1. The summed E-state index contributed by atoms with van der Waals surface area (Å²) >= 11 is 7.01. The predicted molar refractivity (Wildman–Crippen MR) is 189 cm³/mol. The first-order valence-corrected chi connectivity index (χ1v) is 17.2. The van der Waals surface area contributed by atoms with Gasteiger partial charge in [0, 0.05) is 44.0 Å². The number of carbonyl (C=O) groups excluding carboxylic acids is 1. The van der Waals surface area contributed by atoms with Crippen LogP contribution in [-0.4, -0.2) is 81.3 Å². The molecule has 3 N–H and O–H groups in total. The Hall–Kier alpha value is -5.60. The van der Waals surface area contributed by atoms with Crippen molar-refractivity contribution in [3.8, 4) is 34.5 Å². The number of aliphatic carboxylic acids is 1. The van der Waals surface area contributed by atoms with Gasteiger partial charge in [-0.1, -0.05) is 35.9 Å². The molecule has 2 aromatic heterocycles. The van der Waals surface area contributed by atoms with E-state index in [1.54, 1.807) is 53.4 Å². The van der Waals surface area contributed by atoms with Crippen LogP contribution in [0.5, 0.6) is 5.88 Å². The van der Waals surface area contributed by atoms with Gasteiger partial charge in [-0.25, -0.2) is 15.0 Å². The van der Waals surface area contributed by atoms with Crippen molar-refractivity contribution in [1.82, 2.24) is 25.2 Å². The van der Waals surface area contributed by atoms with Crippen LogP contribution >= 0.6 is 11.6 Å². The number of aliphatic hydroxyl groups is 1. The third-order valence-electron chi connectivity index (χ3n) is 9.28.